The van der Waals surface area contributed by atoms with Gasteiger partial charge in [0.25, 0.3) is 0 Å². The van der Waals surface area contributed by atoms with Crippen LogP contribution < -0.4 is 0 Å². The molecule has 0 amide bonds. The van der Waals surface area contributed by atoms with Crippen LogP contribution in [0.1, 0.15) is 48.5 Å². The van der Waals surface area contributed by atoms with Gasteiger partial charge < -0.3 is 9.94 Å². The largest absolute Gasteiger partial charge is 0.623 e. The van der Waals surface area contributed by atoms with Crippen LogP contribution in [-0.4, -0.2) is 35.4 Å². The van der Waals surface area contributed by atoms with Crippen molar-refractivity contribution >= 4 is 18.0 Å². The van der Waals surface area contributed by atoms with Gasteiger partial charge in [-0.1, -0.05) is 0 Å². The van der Waals surface area contributed by atoms with Gasteiger partial charge in [-0.05, 0) is 37.1 Å². The minimum atomic E-state index is -0.973. The number of hydroxylamine groups is 1. The number of esters is 1. The van der Waals surface area contributed by atoms with Crippen LogP contribution in [0.25, 0.3) is 0 Å². The Labute approximate surface area is 123 Å². The molecule has 5 heteroatoms. The molecule has 0 bridgehead atoms. The number of hydrogen-bond donors (Lipinski definition) is 0. The van der Waals surface area contributed by atoms with E-state index in [4.69, 9.17) is 0 Å². The van der Waals surface area contributed by atoms with Gasteiger partial charge in [0.05, 0.1) is 12.7 Å². The van der Waals surface area contributed by atoms with E-state index in [1.54, 1.807) is 31.2 Å². The molecule has 0 aromatic heterocycles. The lowest BCUT2D eigenvalue weighted by Crippen LogP contribution is -2.46. The highest BCUT2D eigenvalue weighted by molar-refractivity contribution is 5.91. The van der Waals surface area contributed by atoms with Gasteiger partial charge in [0.1, 0.15) is 0 Å². The van der Waals surface area contributed by atoms with E-state index in [1.807, 2.05) is 0 Å². The standard InChI is InChI=1S/C16H19NO4/c1-16(10-4-3-5-14(16)18)17(20)11-12-6-8-13(9-7-12)15(19)21-2/h6-9,11H,3-5,10H2,1-2H3/b17-11-/t16-/m1/s1. The van der Waals surface area contributed by atoms with Crippen molar-refractivity contribution < 1.29 is 19.1 Å². The molecule has 0 heterocycles. The first-order chi connectivity index (χ1) is 9.97. The molecule has 21 heavy (non-hydrogen) atoms. The number of Topliss-reactive ketones (excluding diaryl/α,β-unsaturated/α-hetero) is 1. The van der Waals surface area contributed by atoms with Crippen LogP contribution in [0.2, 0.25) is 0 Å². The number of nitrogens with zero attached hydrogens (tertiary/aromatic N) is 1. The molecule has 1 fully saturated rings. The molecule has 0 spiro atoms. The van der Waals surface area contributed by atoms with Gasteiger partial charge in [0, 0.05) is 25.3 Å². The van der Waals surface area contributed by atoms with E-state index in [1.165, 1.54) is 13.3 Å². The number of carbonyl (C=O) groups excluding carboxylic acids is 2. The van der Waals surface area contributed by atoms with Gasteiger partial charge >= 0.3 is 5.97 Å². The SMILES string of the molecule is COC(=O)c1ccc(/C=[N+](\[O-])[C@]2(C)CCCCC2=O)cc1. The van der Waals surface area contributed by atoms with E-state index < -0.39 is 11.5 Å². The molecule has 2 rings (SSSR count). The summed E-state index contributed by atoms with van der Waals surface area (Å²) in [5, 5.41) is 12.3. The average molecular weight is 289 g/mol. The molecule has 1 aromatic rings. The predicted molar refractivity (Wildman–Crippen MR) is 78.5 cm³/mol. The molecule has 5 nitrogen and oxygen atoms in total. The Morgan fingerprint density at radius 3 is 2.57 bits per heavy atom. The third-order valence-electron chi connectivity index (χ3n) is 4.00. The summed E-state index contributed by atoms with van der Waals surface area (Å²) in [7, 11) is 1.32. The second-order valence-electron chi connectivity index (χ2n) is 5.47. The van der Waals surface area contributed by atoms with Crippen molar-refractivity contribution in [1.82, 2.24) is 0 Å². The zero-order valence-corrected chi connectivity index (χ0v) is 12.3. The summed E-state index contributed by atoms with van der Waals surface area (Å²) in [5.74, 6) is -0.430. The minimum Gasteiger partial charge on any atom is -0.623 e. The van der Waals surface area contributed by atoms with E-state index in [9.17, 15) is 14.8 Å². The predicted octanol–water partition coefficient (Wildman–Crippen LogP) is 2.30. The number of carbonyl (C=O) groups is 2. The molecule has 1 saturated carbocycles. The maximum Gasteiger partial charge on any atom is 0.337 e. The van der Waals surface area contributed by atoms with Crippen LogP contribution in [-0.2, 0) is 9.53 Å². The maximum absolute atomic E-state index is 12.3. The summed E-state index contributed by atoms with van der Waals surface area (Å²) >= 11 is 0. The van der Waals surface area contributed by atoms with Crippen LogP contribution in [0.4, 0.5) is 0 Å². The van der Waals surface area contributed by atoms with Gasteiger partial charge in [-0.3, -0.25) is 4.79 Å². The molecule has 0 radical (unpaired) electrons. The normalized spacial score (nSPS) is 23.0. The van der Waals surface area contributed by atoms with Crippen LogP contribution in [0.3, 0.4) is 0 Å². The lowest BCUT2D eigenvalue weighted by molar-refractivity contribution is -0.525. The second-order valence-corrected chi connectivity index (χ2v) is 5.47. The Morgan fingerprint density at radius 1 is 1.33 bits per heavy atom. The Bertz CT molecular complexity index is 576. The minimum absolute atomic E-state index is 0.00817. The average Bonchev–Trinajstić information content (AvgIpc) is 2.50. The van der Waals surface area contributed by atoms with Gasteiger partial charge in [0.2, 0.25) is 11.3 Å². The fraction of sp³-hybridized carbons (Fsp3) is 0.438. The highest BCUT2D eigenvalue weighted by Gasteiger charge is 2.42. The van der Waals surface area contributed by atoms with Crippen molar-refractivity contribution in [1.29, 1.82) is 0 Å². The number of ether oxygens (including phenoxy) is 1. The topological polar surface area (TPSA) is 69.4 Å². The van der Waals surface area contributed by atoms with E-state index in [-0.39, 0.29) is 5.78 Å². The van der Waals surface area contributed by atoms with Crippen molar-refractivity contribution in [3.8, 4) is 0 Å². The first-order valence-corrected chi connectivity index (χ1v) is 7.00. The number of benzene rings is 1. The molecule has 0 N–H and O–H groups in total. The summed E-state index contributed by atoms with van der Waals surface area (Å²) in [5.41, 5.74) is 0.100. The van der Waals surface area contributed by atoms with Crippen LogP contribution >= 0.6 is 0 Å². The quantitative estimate of drug-likeness (QED) is 0.281. The molecule has 1 aromatic carbocycles. The Kier molecular flexibility index (Phi) is 4.40. The van der Waals surface area contributed by atoms with E-state index in [0.29, 0.717) is 24.0 Å². The third-order valence-corrected chi connectivity index (χ3v) is 4.00. The smallest absolute Gasteiger partial charge is 0.337 e. The molecular weight excluding hydrogens is 270 g/mol. The van der Waals surface area contributed by atoms with E-state index in [2.05, 4.69) is 4.74 Å². The van der Waals surface area contributed by atoms with Crippen molar-refractivity contribution in [2.24, 2.45) is 0 Å². The first-order valence-electron chi connectivity index (χ1n) is 7.00. The molecule has 1 aliphatic carbocycles. The van der Waals surface area contributed by atoms with E-state index in [0.717, 1.165) is 17.6 Å². The fourth-order valence-corrected chi connectivity index (χ4v) is 2.50. The molecule has 0 saturated heterocycles. The third kappa shape index (κ3) is 3.12. The zero-order valence-electron chi connectivity index (χ0n) is 12.3. The Balaban J connectivity index is 2.22. The summed E-state index contributed by atoms with van der Waals surface area (Å²) in [6, 6.07) is 6.51. The molecule has 1 atom stereocenters. The fourth-order valence-electron chi connectivity index (χ4n) is 2.50. The van der Waals surface area contributed by atoms with E-state index >= 15 is 0 Å². The number of rotatable bonds is 3. The lowest BCUT2D eigenvalue weighted by atomic mass is 9.82. The van der Waals surface area contributed by atoms with Crippen molar-refractivity contribution in [2.45, 2.75) is 38.1 Å². The molecule has 1 aliphatic rings. The zero-order chi connectivity index (χ0) is 15.5. The molecule has 0 unspecified atom stereocenters. The monoisotopic (exact) mass is 289 g/mol. The van der Waals surface area contributed by atoms with Gasteiger partial charge in [-0.2, -0.15) is 4.74 Å². The number of ketones is 1. The maximum atomic E-state index is 12.3. The molecular formula is C16H19NO4. The number of hydrogen-bond acceptors (Lipinski definition) is 4. The highest BCUT2D eigenvalue weighted by atomic mass is 16.5. The van der Waals surface area contributed by atoms with Crippen molar-refractivity contribution in [3.63, 3.8) is 0 Å². The summed E-state index contributed by atoms with van der Waals surface area (Å²) in [6.45, 7) is 1.70. The number of methoxy groups -OCH3 is 1. The van der Waals surface area contributed by atoms with Gasteiger partial charge in [0.15, 0.2) is 6.21 Å². The Morgan fingerprint density at radius 2 is 2.00 bits per heavy atom. The van der Waals surface area contributed by atoms with Crippen molar-refractivity contribution in [3.05, 3.63) is 40.6 Å². The van der Waals surface area contributed by atoms with Crippen molar-refractivity contribution in [2.75, 3.05) is 7.11 Å². The molecule has 0 aliphatic heterocycles. The Hall–Kier alpha value is -2.17. The van der Waals surface area contributed by atoms with Gasteiger partial charge in [-0.25, -0.2) is 4.79 Å². The summed E-state index contributed by atoms with van der Waals surface area (Å²) < 4.78 is 5.37. The summed E-state index contributed by atoms with van der Waals surface area (Å²) in [4.78, 5) is 23.3. The van der Waals surface area contributed by atoms with Gasteiger partial charge in [-0.15, -0.1) is 0 Å². The van der Waals surface area contributed by atoms with Crippen LogP contribution in [0, 0.1) is 5.21 Å². The lowest BCUT2D eigenvalue weighted by Gasteiger charge is -2.30. The first kappa shape index (κ1) is 15.2. The van der Waals surface area contributed by atoms with Crippen LogP contribution in [0.15, 0.2) is 24.3 Å². The second kappa shape index (κ2) is 6.08. The molecule has 112 valence electrons. The highest BCUT2D eigenvalue weighted by Crippen LogP contribution is 2.27. The van der Waals surface area contributed by atoms with Crippen LogP contribution in [0.5, 0.6) is 0 Å². The summed E-state index contributed by atoms with van der Waals surface area (Å²) in [6.07, 6.45) is 4.19.